The van der Waals surface area contributed by atoms with Crippen LogP contribution in [0.1, 0.15) is 6.42 Å². The molecule has 1 aliphatic heterocycles. The maximum absolute atomic E-state index is 2.95. The van der Waals surface area contributed by atoms with Crippen LogP contribution >= 0.6 is 0 Å². The molecule has 37 valence electrons. The van der Waals surface area contributed by atoms with Crippen molar-refractivity contribution in [3.05, 3.63) is 24.4 Å². The van der Waals surface area contributed by atoms with Crippen molar-refractivity contribution in [3.63, 3.8) is 0 Å². The summed E-state index contributed by atoms with van der Waals surface area (Å²) < 4.78 is 0. The molecule has 0 atom stereocenters. The maximum Gasteiger partial charge on any atom is 0.0538 e. The Morgan fingerprint density at radius 1 is 1.43 bits per heavy atom. The zero-order chi connectivity index (χ0) is 4.95. The van der Waals surface area contributed by atoms with E-state index in [0.29, 0.717) is 0 Å². The predicted molar refractivity (Wildman–Crippen MR) is 29.6 cm³/mol. The van der Waals surface area contributed by atoms with E-state index in [9.17, 15) is 0 Å². The zero-order valence-electron chi connectivity index (χ0n) is 4.15. The average Bonchev–Trinajstić information content (AvgIpc) is 1.90. The molecule has 0 spiro atoms. The molecular weight excluding hydrogens is 86.1 g/mol. The summed E-state index contributed by atoms with van der Waals surface area (Å²) >= 11 is 0. The molecule has 0 aromatic heterocycles. The first-order valence-corrected chi connectivity index (χ1v) is 2.45. The summed E-state index contributed by atoms with van der Waals surface area (Å²) in [7, 11) is 0. The van der Waals surface area contributed by atoms with Crippen LogP contribution in [0.5, 0.6) is 0 Å². The summed E-state index contributed by atoms with van der Waals surface area (Å²) in [6, 6.07) is 0. The normalized spacial score (nSPS) is 18.3. The van der Waals surface area contributed by atoms with Gasteiger partial charge in [0.05, 0.1) is 6.20 Å². The molecule has 0 fully saturated rings. The molecule has 1 aliphatic rings. The summed E-state index contributed by atoms with van der Waals surface area (Å²) in [6.45, 7) is 0.927. The van der Waals surface area contributed by atoms with Gasteiger partial charge in [0.1, 0.15) is 0 Å². The first kappa shape index (κ1) is 4.44. The van der Waals surface area contributed by atoms with Gasteiger partial charge < -0.3 is 5.32 Å². The minimum atomic E-state index is 0.927. The molecule has 0 saturated carbocycles. The summed E-state index contributed by atoms with van der Waals surface area (Å²) in [6.07, 6.45) is 10.1. The third kappa shape index (κ3) is 1.44. The monoisotopic (exact) mass is 94.1 g/mol. The number of rotatable bonds is 0. The van der Waals surface area contributed by atoms with E-state index < -0.39 is 0 Å². The van der Waals surface area contributed by atoms with Crippen molar-refractivity contribution in [1.29, 1.82) is 0 Å². The van der Waals surface area contributed by atoms with Crippen molar-refractivity contribution < 1.29 is 0 Å². The molecule has 0 saturated heterocycles. The lowest BCUT2D eigenvalue weighted by Gasteiger charge is -1.84. The molecular formula is C6H8N. The van der Waals surface area contributed by atoms with E-state index in [1.54, 1.807) is 0 Å². The lowest BCUT2D eigenvalue weighted by Crippen LogP contribution is -2.02. The van der Waals surface area contributed by atoms with Crippen LogP contribution in [0.2, 0.25) is 0 Å². The van der Waals surface area contributed by atoms with Crippen molar-refractivity contribution in [2.45, 2.75) is 6.42 Å². The second-order valence-corrected chi connectivity index (χ2v) is 1.44. The Labute approximate surface area is 43.7 Å². The highest BCUT2D eigenvalue weighted by Gasteiger charge is 1.77. The van der Waals surface area contributed by atoms with Crippen molar-refractivity contribution in [1.82, 2.24) is 5.32 Å². The van der Waals surface area contributed by atoms with Gasteiger partial charge in [-0.3, -0.25) is 0 Å². The van der Waals surface area contributed by atoms with Crippen LogP contribution in [0.3, 0.4) is 0 Å². The maximum atomic E-state index is 2.95. The van der Waals surface area contributed by atoms with Crippen LogP contribution in [-0.2, 0) is 0 Å². The van der Waals surface area contributed by atoms with Crippen molar-refractivity contribution in [2.75, 3.05) is 6.54 Å². The Morgan fingerprint density at radius 2 is 2.43 bits per heavy atom. The van der Waals surface area contributed by atoms with Crippen LogP contribution in [0.15, 0.2) is 18.2 Å². The van der Waals surface area contributed by atoms with Crippen molar-refractivity contribution in [2.24, 2.45) is 0 Å². The summed E-state index contributed by atoms with van der Waals surface area (Å²) in [5.41, 5.74) is 0. The van der Waals surface area contributed by atoms with E-state index >= 15 is 0 Å². The number of nitrogens with one attached hydrogen (secondary N) is 1. The Hall–Kier alpha value is -0.720. The van der Waals surface area contributed by atoms with Crippen LogP contribution < -0.4 is 5.32 Å². The van der Waals surface area contributed by atoms with Gasteiger partial charge in [-0.15, -0.1) is 0 Å². The molecule has 1 heteroatoms. The Bertz CT molecular complexity index is 80.4. The molecule has 1 N–H and O–H groups in total. The van der Waals surface area contributed by atoms with Gasteiger partial charge in [-0.2, -0.15) is 0 Å². The second kappa shape index (κ2) is 2.45. The van der Waals surface area contributed by atoms with E-state index in [0.717, 1.165) is 13.0 Å². The van der Waals surface area contributed by atoms with Crippen LogP contribution in [-0.4, -0.2) is 6.54 Å². The predicted octanol–water partition coefficient (Wildman–Crippen LogP) is 0.853. The zero-order valence-corrected chi connectivity index (χ0v) is 4.15. The van der Waals surface area contributed by atoms with Crippen molar-refractivity contribution in [3.8, 4) is 0 Å². The van der Waals surface area contributed by atoms with Gasteiger partial charge >= 0.3 is 0 Å². The first-order chi connectivity index (χ1) is 3.50. The summed E-state index contributed by atoms with van der Waals surface area (Å²) in [5.74, 6) is 0. The molecule has 0 bridgehead atoms. The molecule has 1 radical (unpaired) electrons. The largest absolute Gasteiger partial charge is 0.380 e. The van der Waals surface area contributed by atoms with Gasteiger partial charge in [0, 0.05) is 6.54 Å². The van der Waals surface area contributed by atoms with Gasteiger partial charge in [-0.05, 0) is 6.42 Å². The Kier molecular flexibility index (Phi) is 1.56. The van der Waals surface area contributed by atoms with Crippen molar-refractivity contribution >= 4 is 0 Å². The highest BCUT2D eigenvalue weighted by molar-refractivity contribution is 4.94. The number of allylic oxidation sites excluding steroid dienone is 2. The summed E-state index contributed by atoms with van der Waals surface area (Å²) in [4.78, 5) is 0. The van der Waals surface area contributed by atoms with Crippen LogP contribution in [0, 0.1) is 6.20 Å². The molecule has 0 amide bonds. The molecule has 0 aliphatic carbocycles. The quantitative estimate of drug-likeness (QED) is 0.439. The third-order valence-corrected chi connectivity index (χ3v) is 0.845. The minimum absolute atomic E-state index is 0.927. The molecule has 0 aromatic rings. The fourth-order valence-electron chi connectivity index (χ4n) is 0.497. The molecule has 0 unspecified atom stereocenters. The van der Waals surface area contributed by atoms with E-state index in [4.69, 9.17) is 0 Å². The molecule has 0 aromatic carbocycles. The molecule has 1 heterocycles. The Balaban J connectivity index is 2.38. The standard InChI is InChI=1S/C6H8N/c1-2-4-6-7-5-3-1/h1,3-4,7H,2,5H2. The van der Waals surface area contributed by atoms with Crippen LogP contribution in [0.4, 0.5) is 0 Å². The highest BCUT2D eigenvalue weighted by Crippen LogP contribution is 1.86. The minimum Gasteiger partial charge on any atom is -0.380 e. The van der Waals surface area contributed by atoms with E-state index in [1.807, 2.05) is 6.08 Å². The third-order valence-electron chi connectivity index (χ3n) is 0.845. The fraction of sp³-hybridized carbons (Fsp3) is 0.333. The molecule has 1 nitrogen and oxygen atoms in total. The lowest BCUT2D eigenvalue weighted by molar-refractivity contribution is 0.961. The fourth-order valence-corrected chi connectivity index (χ4v) is 0.497. The SMILES string of the molecule is [C]1=CCC=CCN1. The van der Waals surface area contributed by atoms with E-state index in [-0.39, 0.29) is 0 Å². The highest BCUT2D eigenvalue weighted by atomic mass is 14.8. The van der Waals surface area contributed by atoms with Gasteiger partial charge in [0.2, 0.25) is 0 Å². The van der Waals surface area contributed by atoms with Gasteiger partial charge in [-0.1, -0.05) is 18.2 Å². The van der Waals surface area contributed by atoms with E-state index in [1.165, 1.54) is 0 Å². The van der Waals surface area contributed by atoms with Gasteiger partial charge in [0.15, 0.2) is 0 Å². The van der Waals surface area contributed by atoms with Gasteiger partial charge in [-0.25, -0.2) is 0 Å². The molecule has 7 heavy (non-hydrogen) atoms. The average molecular weight is 94.1 g/mol. The number of hydrogen-bond donors (Lipinski definition) is 1. The van der Waals surface area contributed by atoms with E-state index in [2.05, 4.69) is 23.7 Å². The number of hydrogen-bond acceptors (Lipinski definition) is 1. The van der Waals surface area contributed by atoms with Gasteiger partial charge in [0.25, 0.3) is 0 Å². The smallest absolute Gasteiger partial charge is 0.0538 e. The topological polar surface area (TPSA) is 12.0 Å². The summed E-state index contributed by atoms with van der Waals surface area (Å²) in [5, 5.41) is 2.95. The van der Waals surface area contributed by atoms with Crippen LogP contribution in [0.25, 0.3) is 0 Å². The molecule has 1 rings (SSSR count). The lowest BCUT2D eigenvalue weighted by atomic mass is 10.4. The first-order valence-electron chi connectivity index (χ1n) is 2.45. The second-order valence-electron chi connectivity index (χ2n) is 1.44. The Morgan fingerprint density at radius 3 is 3.43 bits per heavy atom.